The summed E-state index contributed by atoms with van der Waals surface area (Å²) in [6.07, 6.45) is 0.340. The van der Waals surface area contributed by atoms with E-state index in [4.69, 9.17) is 23.1 Å². The minimum Gasteiger partial charge on any atom is -0.480 e. The Morgan fingerprint density at radius 3 is 2.50 bits per heavy atom. The highest BCUT2D eigenvalue weighted by Gasteiger charge is 2.11. The van der Waals surface area contributed by atoms with Crippen molar-refractivity contribution in [2.24, 2.45) is 5.73 Å². The lowest BCUT2D eigenvalue weighted by molar-refractivity contribution is -0.138. The molecule has 1 aromatic rings. The highest BCUT2D eigenvalue weighted by Crippen LogP contribution is 2.05. The number of aliphatic carboxylic acids is 1. The number of carbonyl (C=O) groups is 1. The number of carboxylic acid groups (broad SMARTS) is 1. The lowest BCUT2D eigenvalue weighted by Gasteiger charge is -2.05. The summed E-state index contributed by atoms with van der Waals surface area (Å²) in [6.45, 7) is 0. The molecule has 3 nitrogen and oxygen atoms in total. The Labute approximate surface area is 87.5 Å². The molecule has 1 aromatic carbocycles. The van der Waals surface area contributed by atoms with Gasteiger partial charge in [-0.1, -0.05) is 36.5 Å². The average molecular weight is 209 g/mol. The van der Waals surface area contributed by atoms with E-state index < -0.39 is 12.0 Å². The summed E-state index contributed by atoms with van der Waals surface area (Å²) < 4.78 is 0. The number of nitrogens with two attached hydrogens (primary N) is 1. The number of rotatable bonds is 4. The lowest BCUT2D eigenvalue weighted by atomic mass is 10.1. The molecular formula is C10H11NO2S. The van der Waals surface area contributed by atoms with Crippen molar-refractivity contribution in [3.05, 3.63) is 35.4 Å². The Morgan fingerprint density at radius 1 is 1.50 bits per heavy atom. The fraction of sp³-hybridized carbons (Fsp3) is 0.200. The van der Waals surface area contributed by atoms with Gasteiger partial charge in [0.2, 0.25) is 0 Å². The zero-order valence-electron chi connectivity index (χ0n) is 7.51. The molecular weight excluding hydrogens is 198 g/mol. The van der Waals surface area contributed by atoms with E-state index in [2.05, 4.69) is 0 Å². The SMILES string of the molecule is N[C@@H](Cc1ccc(C=S)cc1)C(=O)O. The van der Waals surface area contributed by atoms with Crippen molar-refractivity contribution in [1.82, 2.24) is 0 Å². The van der Waals surface area contributed by atoms with Crippen LogP contribution >= 0.6 is 12.2 Å². The number of thiocarbonyl (C=S) groups is 1. The van der Waals surface area contributed by atoms with Crippen molar-refractivity contribution in [1.29, 1.82) is 0 Å². The number of carboxylic acids is 1. The van der Waals surface area contributed by atoms with Crippen LogP contribution in [0.25, 0.3) is 0 Å². The zero-order valence-corrected chi connectivity index (χ0v) is 8.33. The van der Waals surface area contributed by atoms with Crippen LogP contribution in [0.4, 0.5) is 0 Å². The summed E-state index contributed by atoms with van der Waals surface area (Å²) in [5.74, 6) is -0.982. The molecule has 14 heavy (non-hydrogen) atoms. The molecule has 74 valence electrons. The van der Waals surface area contributed by atoms with Gasteiger partial charge in [-0.25, -0.2) is 0 Å². The van der Waals surface area contributed by atoms with E-state index in [0.29, 0.717) is 6.42 Å². The molecule has 0 bridgehead atoms. The Kier molecular flexibility index (Phi) is 3.73. The fourth-order valence-electron chi connectivity index (χ4n) is 1.07. The highest BCUT2D eigenvalue weighted by atomic mass is 32.1. The predicted octanol–water partition coefficient (Wildman–Crippen LogP) is 0.989. The smallest absolute Gasteiger partial charge is 0.320 e. The second-order valence-corrected chi connectivity index (χ2v) is 3.24. The molecule has 4 heteroatoms. The van der Waals surface area contributed by atoms with E-state index >= 15 is 0 Å². The zero-order chi connectivity index (χ0) is 10.6. The van der Waals surface area contributed by atoms with E-state index in [1.165, 1.54) is 0 Å². The van der Waals surface area contributed by atoms with Crippen molar-refractivity contribution in [2.45, 2.75) is 12.5 Å². The van der Waals surface area contributed by atoms with Crippen LogP contribution in [0.2, 0.25) is 0 Å². The van der Waals surface area contributed by atoms with Crippen LogP contribution in [0, 0.1) is 0 Å². The van der Waals surface area contributed by atoms with Gasteiger partial charge < -0.3 is 10.8 Å². The first-order chi connectivity index (χ1) is 6.63. The summed E-state index contributed by atoms with van der Waals surface area (Å²) in [5, 5.41) is 10.2. The van der Waals surface area contributed by atoms with Crippen LogP contribution in [0.5, 0.6) is 0 Å². The van der Waals surface area contributed by atoms with E-state index in [9.17, 15) is 4.79 Å². The molecule has 1 atom stereocenters. The molecule has 0 aromatic heterocycles. The van der Waals surface area contributed by atoms with Crippen molar-refractivity contribution >= 4 is 23.6 Å². The Bertz CT molecular complexity index is 334. The van der Waals surface area contributed by atoms with Crippen LogP contribution in [0.1, 0.15) is 11.1 Å². The van der Waals surface area contributed by atoms with Crippen molar-refractivity contribution in [3.8, 4) is 0 Å². The molecule has 0 aliphatic carbocycles. The molecule has 1 rings (SSSR count). The maximum absolute atomic E-state index is 10.5. The normalized spacial score (nSPS) is 12.1. The molecule has 0 aliphatic heterocycles. The maximum Gasteiger partial charge on any atom is 0.320 e. The van der Waals surface area contributed by atoms with Gasteiger partial charge in [-0.2, -0.15) is 0 Å². The van der Waals surface area contributed by atoms with Crippen molar-refractivity contribution in [3.63, 3.8) is 0 Å². The lowest BCUT2D eigenvalue weighted by Crippen LogP contribution is -2.32. The summed E-state index contributed by atoms with van der Waals surface area (Å²) in [7, 11) is 0. The van der Waals surface area contributed by atoms with Crippen LogP contribution in [0.15, 0.2) is 24.3 Å². The summed E-state index contributed by atoms with van der Waals surface area (Å²) >= 11 is 4.75. The van der Waals surface area contributed by atoms with Crippen LogP contribution in [0.3, 0.4) is 0 Å². The standard InChI is InChI=1S/C10H11NO2S/c11-9(10(12)13)5-7-1-3-8(6-14)4-2-7/h1-4,6,9H,5,11H2,(H,12,13)/t9-/m0/s1. The molecule has 0 fully saturated rings. The van der Waals surface area contributed by atoms with Gasteiger partial charge in [-0.15, -0.1) is 0 Å². The summed E-state index contributed by atoms with van der Waals surface area (Å²) in [6, 6.07) is 6.52. The number of benzene rings is 1. The highest BCUT2D eigenvalue weighted by molar-refractivity contribution is 7.79. The minimum atomic E-state index is -0.982. The Hall–Kier alpha value is -1.26. The van der Waals surface area contributed by atoms with Gasteiger partial charge in [-0.05, 0) is 17.5 Å². The summed E-state index contributed by atoms with van der Waals surface area (Å²) in [4.78, 5) is 10.5. The van der Waals surface area contributed by atoms with Crippen molar-refractivity contribution in [2.75, 3.05) is 0 Å². The van der Waals surface area contributed by atoms with Gasteiger partial charge >= 0.3 is 5.97 Å². The topological polar surface area (TPSA) is 63.3 Å². The predicted molar refractivity (Wildman–Crippen MR) is 58.5 cm³/mol. The third-order valence-corrected chi connectivity index (χ3v) is 2.16. The number of hydrogen-bond donors (Lipinski definition) is 2. The van der Waals surface area contributed by atoms with Crippen LogP contribution in [-0.4, -0.2) is 22.5 Å². The molecule has 0 saturated carbocycles. The molecule has 0 aliphatic rings. The van der Waals surface area contributed by atoms with Gasteiger partial charge in [0.05, 0.1) is 0 Å². The second-order valence-electron chi connectivity index (χ2n) is 3.01. The van der Waals surface area contributed by atoms with Crippen LogP contribution < -0.4 is 5.73 Å². The first-order valence-electron chi connectivity index (χ1n) is 4.16. The Balaban J connectivity index is 2.68. The summed E-state index contributed by atoms with van der Waals surface area (Å²) in [5.41, 5.74) is 7.23. The third-order valence-electron chi connectivity index (χ3n) is 1.89. The second kappa shape index (κ2) is 4.83. The fourth-order valence-corrected chi connectivity index (χ4v) is 1.23. The molecule has 0 amide bonds. The van der Waals surface area contributed by atoms with E-state index in [1.54, 1.807) is 5.37 Å². The quantitative estimate of drug-likeness (QED) is 0.726. The van der Waals surface area contributed by atoms with Crippen molar-refractivity contribution < 1.29 is 9.90 Å². The monoisotopic (exact) mass is 209 g/mol. The van der Waals surface area contributed by atoms with Gasteiger partial charge in [-0.3, -0.25) is 4.79 Å². The minimum absolute atomic E-state index is 0.340. The average Bonchev–Trinajstić information content (AvgIpc) is 2.19. The van der Waals surface area contributed by atoms with E-state index in [1.807, 2.05) is 24.3 Å². The molecule has 0 radical (unpaired) electrons. The maximum atomic E-state index is 10.5. The molecule has 0 heterocycles. The first-order valence-corrected chi connectivity index (χ1v) is 4.63. The Morgan fingerprint density at radius 2 is 2.07 bits per heavy atom. The van der Waals surface area contributed by atoms with E-state index in [0.717, 1.165) is 11.1 Å². The van der Waals surface area contributed by atoms with Gasteiger partial charge in [0.1, 0.15) is 6.04 Å². The van der Waals surface area contributed by atoms with Gasteiger partial charge in [0.15, 0.2) is 0 Å². The van der Waals surface area contributed by atoms with E-state index in [-0.39, 0.29) is 0 Å². The molecule has 0 unspecified atom stereocenters. The van der Waals surface area contributed by atoms with Gasteiger partial charge in [0, 0.05) is 5.37 Å². The molecule has 0 spiro atoms. The number of hydrogen-bond acceptors (Lipinski definition) is 3. The third kappa shape index (κ3) is 2.90. The van der Waals surface area contributed by atoms with Gasteiger partial charge in [0.25, 0.3) is 0 Å². The molecule has 3 N–H and O–H groups in total. The van der Waals surface area contributed by atoms with Crippen LogP contribution in [-0.2, 0) is 11.2 Å². The first kappa shape index (κ1) is 10.8. The largest absolute Gasteiger partial charge is 0.480 e. The molecule has 0 saturated heterocycles.